The van der Waals surface area contributed by atoms with E-state index in [-0.39, 0.29) is 17.1 Å². The fourth-order valence-corrected chi connectivity index (χ4v) is 8.81. The predicted molar refractivity (Wildman–Crippen MR) is 234 cm³/mol. The van der Waals surface area contributed by atoms with Gasteiger partial charge in [-0.05, 0) is 73.5 Å². The minimum Gasteiger partial charge on any atom is -0.496 e. The van der Waals surface area contributed by atoms with E-state index in [9.17, 15) is 22.0 Å². The molecule has 5 heterocycles. The van der Waals surface area contributed by atoms with Gasteiger partial charge in [-0.25, -0.2) is 27.2 Å². The van der Waals surface area contributed by atoms with E-state index in [0.717, 1.165) is 75.6 Å². The standard InChI is InChI=1S/C44H49F2N9O5S/c1-59-37-13-10-29(27-32(37)43(56)51-41-33(45)7-6-8-34(41)46)40-42(55-18-5-4-9-39(55)50-40)36-14-17-47-44(49-36)48-35-12-11-31(28-38(35)60-2)53-19-15-30(16-20-53)54-23-21-52(22-24-54)25-26-61(3,57)58/h4-14,17-18,27-28,30,44,48-49H,15-16,19-26H2,1-3H3,(H,51,56). The second kappa shape index (κ2) is 17.9. The number of aliphatic imine (C=N–C) groups is 1. The lowest BCUT2D eigenvalue weighted by molar-refractivity contribution is 0.0882. The summed E-state index contributed by atoms with van der Waals surface area (Å²) in [5, 5.41) is 9.33. The first kappa shape index (κ1) is 41.7. The highest BCUT2D eigenvalue weighted by molar-refractivity contribution is 7.90. The number of sulfone groups is 1. The average Bonchev–Trinajstić information content (AvgIpc) is 3.67. The summed E-state index contributed by atoms with van der Waals surface area (Å²) in [7, 11) is 0.104. The largest absolute Gasteiger partial charge is 0.496 e. The van der Waals surface area contributed by atoms with Crippen LogP contribution in [-0.2, 0) is 9.84 Å². The summed E-state index contributed by atoms with van der Waals surface area (Å²) in [5.41, 5.74) is 4.51. The van der Waals surface area contributed by atoms with Crippen molar-refractivity contribution in [3.63, 3.8) is 0 Å². The van der Waals surface area contributed by atoms with Crippen molar-refractivity contribution in [3.05, 3.63) is 108 Å². The Morgan fingerprint density at radius 1 is 0.902 bits per heavy atom. The van der Waals surface area contributed by atoms with Crippen LogP contribution < -0.4 is 30.3 Å². The van der Waals surface area contributed by atoms with Gasteiger partial charge in [-0.15, -0.1) is 0 Å². The van der Waals surface area contributed by atoms with E-state index in [1.54, 1.807) is 31.5 Å². The molecule has 1 atom stereocenters. The highest BCUT2D eigenvalue weighted by Gasteiger charge is 2.29. The van der Waals surface area contributed by atoms with Gasteiger partial charge in [-0.2, -0.15) is 0 Å². The average molecular weight is 854 g/mol. The number of aromatic nitrogens is 2. The van der Waals surface area contributed by atoms with Gasteiger partial charge in [0.15, 0.2) is 6.29 Å². The Kier molecular flexibility index (Phi) is 12.2. The third kappa shape index (κ3) is 9.33. The fourth-order valence-electron chi connectivity index (χ4n) is 8.22. The van der Waals surface area contributed by atoms with Gasteiger partial charge in [0.05, 0.1) is 48.3 Å². The lowest BCUT2D eigenvalue weighted by Crippen LogP contribution is -2.53. The number of fused-ring (bicyclic) bond motifs is 1. The molecule has 8 rings (SSSR count). The first-order valence-corrected chi connectivity index (χ1v) is 22.3. The van der Waals surface area contributed by atoms with Gasteiger partial charge in [-0.1, -0.05) is 12.1 Å². The van der Waals surface area contributed by atoms with E-state index in [2.05, 4.69) is 41.7 Å². The monoisotopic (exact) mass is 853 g/mol. The third-order valence-corrected chi connectivity index (χ3v) is 12.4. The number of benzene rings is 3. The van der Waals surface area contributed by atoms with Crippen LogP contribution in [0.1, 0.15) is 28.9 Å². The molecule has 0 radical (unpaired) electrons. The van der Waals surface area contributed by atoms with E-state index in [0.29, 0.717) is 46.6 Å². The maximum absolute atomic E-state index is 14.5. The Balaban J connectivity index is 0.957. The number of piperazine rings is 1. The molecule has 3 aliphatic rings. The summed E-state index contributed by atoms with van der Waals surface area (Å²) in [5.74, 6) is -1.45. The normalized spacial score (nSPS) is 17.8. The molecule has 0 saturated carbocycles. The molecule has 3 N–H and O–H groups in total. The number of pyridine rings is 1. The van der Waals surface area contributed by atoms with Crippen LogP contribution in [0.4, 0.5) is 25.8 Å². The van der Waals surface area contributed by atoms with Crippen molar-refractivity contribution in [2.24, 2.45) is 4.99 Å². The molecule has 3 aromatic carbocycles. The highest BCUT2D eigenvalue weighted by Crippen LogP contribution is 2.35. The van der Waals surface area contributed by atoms with Crippen LogP contribution in [0.5, 0.6) is 11.5 Å². The number of hydrogen-bond acceptors (Lipinski definition) is 12. The lowest BCUT2D eigenvalue weighted by Gasteiger charge is -2.43. The van der Waals surface area contributed by atoms with E-state index >= 15 is 0 Å². The van der Waals surface area contributed by atoms with Crippen molar-refractivity contribution in [2.75, 3.05) is 87.6 Å². The molecular formula is C44H49F2N9O5S. The van der Waals surface area contributed by atoms with Crippen molar-refractivity contribution in [2.45, 2.75) is 25.2 Å². The van der Waals surface area contributed by atoms with Crippen molar-refractivity contribution < 1.29 is 31.5 Å². The number of imidazole rings is 1. The van der Waals surface area contributed by atoms with Crippen LogP contribution in [0.2, 0.25) is 0 Å². The molecule has 3 aliphatic heterocycles. The topological polar surface area (TPSA) is 145 Å². The number of nitrogens with one attached hydrogen (secondary N) is 3. The summed E-state index contributed by atoms with van der Waals surface area (Å²) in [6.07, 6.45) is 8.26. The zero-order valence-electron chi connectivity index (χ0n) is 34.3. The molecule has 0 spiro atoms. The Bertz CT molecular complexity index is 2570. The highest BCUT2D eigenvalue weighted by atomic mass is 32.2. The molecule has 2 fully saturated rings. The number of piperidine rings is 1. The summed E-state index contributed by atoms with van der Waals surface area (Å²) < 4.78 is 65.5. The third-order valence-electron chi connectivity index (χ3n) is 11.5. The van der Waals surface area contributed by atoms with E-state index in [1.165, 1.54) is 19.4 Å². The van der Waals surface area contributed by atoms with Crippen LogP contribution in [0.25, 0.3) is 22.6 Å². The molecule has 1 unspecified atom stereocenters. The molecule has 1 amide bonds. The number of allylic oxidation sites excluding steroid dienone is 1. The van der Waals surface area contributed by atoms with Gasteiger partial charge in [-0.3, -0.25) is 19.0 Å². The maximum Gasteiger partial charge on any atom is 0.259 e. The van der Waals surface area contributed by atoms with Gasteiger partial charge < -0.3 is 30.3 Å². The Morgan fingerprint density at radius 3 is 2.38 bits per heavy atom. The first-order chi connectivity index (χ1) is 29.5. The molecule has 17 heteroatoms. The van der Waals surface area contributed by atoms with Crippen molar-refractivity contribution in [1.82, 2.24) is 24.5 Å². The maximum atomic E-state index is 14.5. The number of carbonyl (C=O) groups is 1. The molecule has 2 aromatic heterocycles. The lowest BCUT2D eigenvalue weighted by atomic mass is 10.0. The van der Waals surface area contributed by atoms with Crippen molar-refractivity contribution >= 4 is 50.4 Å². The van der Waals surface area contributed by atoms with Crippen molar-refractivity contribution in [3.8, 4) is 22.8 Å². The molecule has 0 aliphatic carbocycles. The number of hydrogen-bond donors (Lipinski definition) is 3. The van der Waals surface area contributed by atoms with Crippen LogP contribution in [0.15, 0.2) is 90.1 Å². The predicted octanol–water partition coefficient (Wildman–Crippen LogP) is 5.59. The molecule has 14 nitrogen and oxygen atoms in total. The smallest absolute Gasteiger partial charge is 0.259 e. The number of rotatable bonds is 13. The molecular weight excluding hydrogens is 805 g/mol. The van der Waals surface area contributed by atoms with E-state index < -0.39 is 39.4 Å². The van der Waals surface area contributed by atoms with Gasteiger partial charge in [0.1, 0.15) is 44.3 Å². The summed E-state index contributed by atoms with van der Waals surface area (Å²) in [6, 6.07) is 20.7. The number of para-hydroxylation sites is 1. The summed E-state index contributed by atoms with van der Waals surface area (Å²) in [6.45, 7) is 6.14. The zero-order chi connectivity index (χ0) is 42.7. The summed E-state index contributed by atoms with van der Waals surface area (Å²) in [4.78, 5) is 30.3. The van der Waals surface area contributed by atoms with Gasteiger partial charge >= 0.3 is 0 Å². The zero-order valence-corrected chi connectivity index (χ0v) is 35.1. The molecule has 320 valence electrons. The van der Waals surface area contributed by atoms with Crippen LogP contribution >= 0.6 is 0 Å². The minimum atomic E-state index is -2.96. The van der Waals surface area contributed by atoms with Crippen LogP contribution in [-0.4, -0.2) is 124 Å². The van der Waals surface area contributed by atoms with Gasteiger partial charge in [0.2, 0.25) is 0 Å². The van der Waals surface area contributed by atoms with E-state index in [4.69, 9.17) is 14.5 Å². The number of nitrogens with zero attached hydrogens (tertiary/aromatic N) is 6. The van der Waals surface area contributed by atoms with Gasteiger partial charge in [0.25, 0.3) is 5.91 Å². The number of methoxy groups -OCH3 is 2. The Morgan fingerprint density at radius 2 is 1.66 bits per heavy atom. The quantitative estimate of drug-likeness (QED) is 0.136. The molecule has 61 heavy (non-hydrogen) atoms. The fraction of sp³-hybridized carbons (Fsp3) is 0.341. The number of amides is 1. The number of anilines is 3. The van der Waals surface area contributed by atoms with E-state index in [1.807, 2.05) is 47.0 Å². The number of halogens is 2. The van der Waals surface area contributed by atoms with Crippen molar-refractivity contribution in [1.29, 1.82) is 0 Å². The number of carbonyl (C=O) groups excluding carboxylic acids is 1. The molecule has 2 saturated heterocycles. The SMILES string of the molecule is COc1cc(N2CCC(N3CCN(CCS(C)(=O)=O)CC3)CC2)ccc1NC1N=CC=C(c2c(-c3ccc(OC)c(C(=O)Nc4c(F)cccc4F)c3)nc3ccccn23)N1. The Hall–Kier alpha value is -6.04. The van der Waals surface area contributed by atoms with Crippen LogP contribution in [0, 0.1) is 11.6 Å². The number of ether oxygens (including phenoxy) is 2. The first-order valence-electron chi connectivity index (χ1n) is 20.2. The second-order valence-electron chi connectivity index (χ2n) is 15.4. The minimum absolute atomic E-state index is 0.0659. The molecule has 5 aromatic rings. The van der Waals surface area contributed by atoms with Gasteiger partial charge in [0, 0.05) is 87.8 Å². The second-order valence-corrected chi connectivity index (χ2v) is 17.6. The van der Waals surface area contributed by atoms with Crippen LogP contribution in [0.3, 0.4) is 0 Å². The summed E-state index contributed by atoms with van der Waals surface area (Å²) >= 11 is 0. The Labute approximate surface area is 353 Å². The molecule has 0 bridgehead atoms.